The average molecular weight is 397 g/mol. The Bertz CT molecular complexity index is 892. The first-order chi connectivity index (χ1) is 12.3. The van der Waals surface area contributed by atoms with Crippen molar-refractivity contribution in [3.8, 4) is 0 Å². The second kappa shape index (κ2) is 7.84. The van der Waals surface area contributed by atoms with Crippen molar-refractivity contribution in [2.75, 3.05) is 11.1 Å². The summed E-state index contributed by atoms with van der Waals surface area (Å²) in [6.07, 6.45) is 3.36. The molecule has 1 aliphatic rings. The number of anilines is 1. The minimum absolute atomic E-state index is 0.0704. The first kappa shape index (κ1) is 19.0. The Kier molecular flexibility index (Phi) is 5.72. The molecule has 0 saturated heterocycles. The molecule has 26 heavy (non-hydrogen) atoms. The number of hydrogen-bond acceptors (Lipinski definition) is 5. The van der Waals surface area contributed by atoms with Crippen LogP contribution in [-0.4, -0.2) is 25.1 Å². The lowest BCUT2D eigenvalue weighted by Gasteiger charge is -2.15. The zero-order chi connectivity index (χ0) is 18.7. The lowest BCUT2D eigenvalue weighted by Crippen LogP contribution is -2.14. The van der Waals surface area contributed by atoms with Crippen molar-refractivity contribution in [3.63, 3.8) is 0 Å². The van der Waals surface area contributed by atoms with Gasteiger partial charge in [0.2, 0.25) is 5.91 Å². The molecule has 5 nitrogen and oxygen atoms in total. The third-order valence-electron chi connectivity index (χ3n) is 4.42. The van der Waals surface area contributed by atoms with Crippen LogP contribution in [0.2, 0.25) is 0 Å². The molecule has 0 aliphatic heterocycles. The molecule has 3 rings (SSSR count). The Morgan fingerprint density at radius 3 is 2.81 bits per heavy atom. The maximum Gasteiger partial charge on any atom is 0.226 e. The summed E-state index contributed by atoms with van der Waals surface area (Å²) in [6.45, 7) is 2.21. The van der Waals surface area contributed by atoms with Gasteiger partial charge in [0.1, 0.15) is 5.82 Å². The molecule has 0 spiro atoms. The number of nitrogens with zero attached hydrogens (tertiary/aromatic N) is 1. The third kappa shape index (κ3) is 4.67. The van der Waals surface area contributed by atoms with Crippen molar-refractivity contribution in [2.24, 2.45) is 5.92 Å². The highest BCUT2D eigenvalue weighted by Gasteiger charge is 2.21. The van der Waals surface area contributed by atoms with Crippen molar-refractivity contribution < 1.29 is 17.6 Å². The number of sulfone groups is 1. The molecule has 0 fully saturated rings. The smallest absolute Gasteiger partial charge is 0.226 e. The fraction of sp³-hybridized carbons (Fsp3) is 0.444. The first-order valence-corrected chi connectivity index (χ1v) is 11.1. The number of amides is 1. The van der Waals surface area contributed by atoms with Crippen LogP contribution < -0.4 is 5.32 Å². The van der Waals surface area contributed by atoms with E-state index in [1.54, 1.807) is 0 Å². The molecule has 1 atom stereocenters. The van der Waals surface area contributed by atoms with Gasteiger partial charge in [0, 0.05) is 11.3 Å². The van der Waals surface area contributed by atoms with Crippen LogP contribution in [0.4, 0.5) is 9.52 Å². The Labute approximate surface area is 156 Å². The molecule has 0 bridgehead atoms. The van der Waals surface area contributed by atoms with Gasteiger partial charge in [0.05, 0.1) is 16.3 Å². The molecule has 0 unspecified atom stereocenters. The van der Waals surface area contributed by atoms with Crippen LogP contribution in [-0.2, 0) is 27.5 Å². The summed E-state index contributed by atoms with van der Waals surface area (Å²) in [7, 11) is -3.51. The lowest BCUT2D eigenvalue weighted by molar-refractivity contribution is -0.116. The number of benzene rings is 1. The fourth-order valence-electron chi connectivity index (χ4n) is 2.96. The van der Waals surface area contributed by atoms with Gasteiger partial charge in [0.15, 0.2) is 15.0 Å². The van der Waals surface area contributed by atoms with Crippen LogP contribution in [0.5, 0.6) is 0 Å². The Morgan fingerprint density at radius 2 is 2.08 bits per heavy atom. The number of rotatable bonds is 6. The molecular weight excluding hydrogens is 375 g/mol. The minimum atomic E-state index is -3.51. The summed E-state index contributed by atoms with van der Waals surface area (Å²) in [5.41, 5.74) is 1.07. The van der Waals surface area contributed by atoms with E-state index in [9.17, 15) is 17.6 Å². The number of thiazole rings is 1. The van der Waals surface area contributed by atoms with Gasteiger partial charge < -0.3 is 5.32 Å². The predicted octanol–water partition coefficient (Wildman–Crippen LogP) is 3.60. The maximum absolute atomic E-state index is 12.9. The van der Waals surface area contributed by atoms with E-state index in [1.165, 1.54) is 28.3 Å². The molecule has 1 N–H and O–H groups in total. The van der Waals surface area contributed by atoms with E-state index in [4.69, 9.17) is 0 Å². The molecule has 140 valence electrons. The topological polar surface area (TPSA) is 76.1 Å². The van der Waals surface area contributed by atoms with Crippen LogP contribution in [0, 0.1) is 11.7 Å². The molecule has 8 heteroatoms. The van der Waals surface area contributed by atoms with Crippen LogP contribution in [0.1, 0.15) is 36.8 Å². The number of carbonyl (C=O) groups excluding carboxylic acids is 1. The van der Waals surface area contributed by atoms with Gasteiger partial charge in [0.25, 0.3) is 0 Å². The standard InChI is InChI=1S/C18H21FN2O3S2/c1-12-4-9-15-16(11-12)25-18(20-15)21-17(22)3-2-10-26(23,24)14-7-5-13(19)6-8-14/h5-8,12H,2-4,9-11H2,1H3,(H,20,21,22)/t12-/m0/s1. The minimum Gasteiger partial charge on any atom is -0.302 e. The molecular formula is C18H21FN2O3S2. The molecule has 1 aromatic carbocycles. The number of hydrogen-bond donors (Lipinski definition) is 1. The zero-order valence-electron chi connectivity index (χ0n) is 14.5. The van der Waals surface area contributed by atoms with E-state index in [0.717, 1.165) is 37.1 Å². The second-order valence-corrected chi connectivity index (χ2v) is 9.85. The SMILES string of the molecule is C[C@H]1CCc2nc(NC(=O)CCCS(=O)(=O)c3ccc(F)cc3)sc2C1. The van der Waals surface area contributed by atoms with Gasteiger partial charge in [-0.3, -0.25) is 4.79 Å². The molecule has 1 aromatic heterocycles. The monoisotopic (exact) mass is 396 g/mol. The van der Waals surface area contributed by atoms with Crippen molar-refractivity contribution in [1.82, 2.24) is 4.98 Å². The predicted molar refractivity (Wildman–Crippen MR) is 99.6 cm³/mol. The fourth-order valence-corrected chi connectivity index (χ4v) is 5.46. The quantitative estimate of drug-likeness (QED) is 0.757. The molecule has 1 heterocycles. The van der Waals surface area contributed by atoms with Crippen LogP contribution in [0.25, 0.3) is 0 Å². The number of aryl methyl sites for hydroxylation is 1. The van der Waals surface area contributed by atoms with Crippen molar-refractivity contribution in [3.05, 3.63) is 40.7 Å². The van der Waals surface area contributed by atoms with Crippen molar-refractivity contribution >= 4 is 32.2 Å². The Morgan fingerprint density at radius 1 is 1.35 bits per heavy atom. The number of nitrogens with one attached hydrogen (secondary N) is 1. The van der Waals surface area contributed by atoms with Crippen LogP contribution in [0.3, 0.4) is 0 Å². The lowest BCUT2D eigenvalue weighted by atomic mass is 9.93. The highest BCUT2D eigenvalue weighted by Crippen LogP contribution is 2.32. The Hall–Kier alpha value is -1.80. The summed E-state index contributed by atoms with van der Waals surface area (Å²) in [4.78, 5) is 17.8. The maximum atomic E-state index is 12.9. The summed E-state index contributed by atoms with van der Waals surface area (Å²) in [5, 5.41) is 3.36. The van der Waals surface area contributed by atoms with Crippen molar-refractivity contribution in [2.45, 2.75) is 43.9 Å². The molecule has 1 aliphatic carbocycles. The normalized spacial score (nSPS) is 16.9. The second-order valence-electron chi connectivity index (χ2n) is 6.66. The van der Waals surface area contributed by atoms with Gasteiger partial charge in [-0.05, 0) is 55.9 Å². The van der Waals surface area contributed by atoms with E-state index in [1.807, 2.05) is 0 Å². The van der Waals surface area contributed by atoms with Gasteiger partial charge >= 0.3 is 0 Å². The van der Waals surface area contributed by atoms with E-state index >= 15 is 0 Å². The van der Waals surface area contributed by atoms with Gasteiger partial charge in [-0.1, -0.05) is 6.92 Å². The van der Waals surface area contributed by atoms with E-state index in [-0.39, 0.29) is 29.4 Å². The van der Waals surface area contributed by atoms with E-state index in [0.29, 0.717) is 11.0 Å². The van der Waals surface area contributed by atoms with Crippen LogP contribution >= 0.6 is 11.3 Å². The highest BCUT2D eigenvalue weighted by molar-refractivity contribution is 7.91. The van der Waals surface area contributed by atoms with Gasteiger partial charge in [-0.2, -0.15) is 0 Å². The summed E-state index contributed by atoms with van der Waals surface area (Å²) < 4.78 is 37.3. The molecule has 1 amide bonds. The summed E-state index contributed by atoms with van der Waals surface area (Å²) in [5.74, 6) is -0.233. The molecule has 0 saturated carbocycles. The highest BCUT2D eigenvalue weighted by atomic mass is 32.2. The van der Waals surface area contributed by atoms with E-state index in [2.05, 4.69) is 17.2 Å². The largest absolute Gasteiger partial charge is 0.302 e. The molecule has 0 radical (unpaired) electrons. The van der Waals surface area contributed by atoms with Gasteiger partial charge in [-0.15, -0.1) is 11.3 Å². The Balaban J connectivity index is 1.51. The number of halogens is 1. The van der Waals surface area contributed by atoms with E-state index < -0.39 is 15.7 Å². The third-order valence-corrected chi connectivity index (χ3v) is 7.27. The summed E-state index contributed by atoms with van der Waals surface area (Å²) in [6, 6.07) is 4.72. The number of carbonyl (C=O) groups is 1. The number of aromatic nitrogens is 1. The first-order valence-electron chi connectivity index (χ1n) is 8.60. The van der Waals surface area contributed by atoms with Gasteiger partial charge in [-0.25, -0.2) is 17.8 Å². The summed E-state index contributed by atoms with van der Waals surface area (Å²) >= 11 is 1.51. The van der Waals surface area contributed by atoms with Crippen LogP contribution in [0.15, 0.2) is 29.2 Å². The molecule has 2 aromatic rings. The number of fused-ring (bicyclic) bond motifs is 1. The van der Waals surface area contributed by atoms with Crippen molar-refractivity contribution in [1.29, 1.82) is 0 Å². The zero-order valence-corrected chi connectivity index (χ0v) is 16.1. The average Bonchev–Trinajstić information content (AvgIpc) is 2.96.